The highest BCUT2D eigenvalue weighted by Crippen LogP contribution is 2.39. The summed E-state index contributed by atoms with van der Waals surface area (Å²) in [5.41, 5.74) is 1.75. The number of carbonyl (C=O) groups excluding carboxylic acids is 4. The van der Waals surface area contributed by atoms with Gasteiger partial charge in [0.25, 0.3) is 0 Å². The number of carbonyl (C=O) groups is 4. The third-order valence-electron chi connectivity index (χ3n) is 4.02. The standard InChI is InChI=1S/C16H8O6/c1-5-3-7-12-10(16(20)22-13(7)17)6(2)4-8-11(12)9(5)15(19)21-14(8)18/h3-4H,1-2H3. The van der Waals surface area contributed by atoms with Crippen LogP contribution in [0.2, 0.25) is 0 Å². The number of ether oxygens (including phenoxy) is 2. The lowest BCUT2D eigenvalue weighted by atomic mass is 9.85. The molecule has 0 spiro atoms. The third-order valence-corrected chi connectivity index (χ3v) is 4.02. The fourth-order valence-corrected chi connectivity index (χ4v) is 3.13. The molecule has 0 unspecified atom stereocenters. The van der Waals surface area contributed by atoms with Crippen LogP contribution in [0.15, 0.2) is 12.1 Å². The van der Waals surface area contributed by atoms with E-state index in [4.69, 9.17) is 9.47 Å². The second-order valence-electron chi connectivity index (χ2n) is 5.34. The fraction of sp³-hybridized carbons (Fsp3) is 0.125. The summed E-state index contributed by atoms with van der Waals surface area (Å²) in [6, 6.07) is 2.96. The molecule has 0 N–H and O–H groups in total. The maximum Gasteiger partial charge on any atom is 0.346 e. The smallest absolute Gasteiger partial charge is 0.346 e. The van der Waals surface area contributed by atoms with Crippen molar-refractivity contribution in [3.05, 3.63) is 45.5 Å². The minimum Gasteiger partial charge on any atom is -0.386 e. The van der Waals surface area contributed by atoms with Gasteiger partial charge < -0.3 is 9.47 Å². The van der Waals surface area contributed by atoms with E-state index in [2.05, 4.69) is 0 Å². The number of cyclic esters (lactones) is 4. The van der Waals surface area contributed by atoms with E-state index in [9.17, 15) is 19.2 Å². The second kappa shape index (κ2) is 3.79. The summed E-state index contributed by atoms with van der Waals surface area (Å²) in [7, 11) is 0. The number of hydrogen-bond acceptors (Lipinski definition) is 6. The van der Waals surface area contributed by atoms with Gasteiger partial charge in [0.1, 0.15) is 0 Å². The van der Waals surface area contributed by atoms with E-state index in [1.165, 1.54) is 12.1 Å². The van der Waals surface area contributed by atoms with E-state index in [1.807, 2.05) is 0 Å². The van der Waals surface area contributed by atoms with Crippen molar-refractivity contribution in [2.75, 3.05) is 0 Å². The largest absolute Gasteiger partial charge is 0.386 e. The number of benzene rings is 2. The van der Waals surface area contributed by atoms with Crippen molar-refractivity contribution in [1.29, 1.82) is 0 Å². The third kappa shape index (κ3) is 1.34. The summed E-state index contributed by atoms with van der Waals surface area (Å²) < 4.78 is 9.49. The Hall–Kier alpha value is -3.02. The molecule has 0 aromatic heterocycles. The van der Waals surface area contributed by atoms with Gasteiger partial charge in [-0.05, 0) is 37.1 Å². The lowest BCUT2D eigenvalue weighted by Gasteiger charge is -2.24. The van der Waals surface area contributed by atoms with Crippen LogP contribution < -0.4 is 0 Å². The molecule has 0 atom stereocenters. The fourth-order valence-electron chi connectivity index (χ4n) is 3.13. The summed E-state index contributed by atoms with van der Waals surface area (Å²) in [5.74, 6) is -3.12. The summed E-state index contributed by atoms with van der Waals surface area (Å²) in [6.07, 6.45) is 0. The molecule has 0 fully saturated rings. The van der Waals surface area contributed by atoms with Crippen molar-refractivity contribution in [1.82, 2.24) is 0 Å². The molecule has 4 rings (SSSR count). The van der Waals surface area contributed by atoms with Crippen LogP contribution in [-0.4, -0.2) is 23.9 Å². The molecular formula is C16H8O6. The predicted molar refractivity (Wildman–Crippen MR) is 72.9 cm³/mol. The zero-order valence-corrected chi connectivity index (χ0v) is 11.6. The molecule has 108 valence electrons. The van der Waals surface area contributed by atoms with Crippen LogP contribution in [0.3, 0.4) is 0 Å². The molecule has 2 aliphatic rings. The Morgan fingerprint density at radius 2 is 1.00 bits per heavy atom. The number of aryl methyl sites for hydroxylation is 2. The average Bonchev–Trinajstić information content (AvgIpc) is 2.43. The molecular weight excluding hydrogens is 288 g/mol. The van der Waals surface area contributed by atoms with E-state index < -0.39 is 23.9 Å². The van der Waals surface area contributed by atoms with E-state index in [0.717, 1.165) is 0 Å². The normalized spacial score (nSPS) is 15.9. The van der Waals surface area contributed by atoms with Gasteiger partial charge in [-0.3, -0.25) is 0 Å². The molecule has 2 aromatic carbocycles. The molecule has 2 heterocycles. The van der Waals surface area contributed by atoms with Crippen LogP contribution >= 0.6 is 0 Å². The lowest BCUT2D eigenvalue weighted by Crippen LogP contribution is -2.27. The highest BCUT2D eigenvalue weighted by Gasteiger charge is 2.37. The Morgan fingerprint density at radius 3 is 1.36 bits per heavy atom. The molecule has 0 saturated heterocycles. The van der Waals surface area contributed by atoms with Crippen LogP contribution in [0, 0.1) is 13.8 Å². The van der Waals surface area contributed by atoms with Crippen LogP contribution in [0.4, 0.5) is 0 Å². The first kappa shape index (κ1) is 12.7. The molecule has 0 amide bonds. The van der Waals surface area contributed by atoms with Crippen molar-refractivity contribution in [2.45, 2.75) is 13.8 Å². The first-order chi connectivity index (χ1) is 10.4. The highest BCUT2D eigenvalue weighted by molar-refractivity contribution is 6.30. The Kier molecular flexibility index (Phi) is 2.19. The molecule has 0 aliphatic carbocycles. The van der Waals surface area contributed by atoms with Crippen molar-refractivity contribution >= 4 is 34.6 Å². The Bertz CT molecular complexity index is 887. The number of rotatable bonds is 0. The quantitative estimate of drug-likeness (QED) is 0.546. The summed E-state index contributed by atoms with van der Waals surface area (Å²) in [5, 5.41) is 0.587. The van der Waals surface area contributed by atoms with E-state index in [0.29, 0.717) is 21.9 Å². The molecule has 2 aromatic rings. The first-order valence-corrected chi connectivity index (χ1v) is 6.54. The molecule has 0 saturated carbocycles. The minimum atomic E-state index is -0.782. The maximum atomic E-state index is 12.0. The maximum absolute atomic E-state index is 12.0. The number of hydrogen-bond donors (Lipinski definition) is 0. The van der Waals surface area contributed by atoms with Gasteiger partial charge >= 0.3 is 23.9 Å². The minimum absolute atomic E-state index is 0.179. The average molecular weight is 296 g/mol. The van der Waals surface area contributed by atoms with Gasteiger partial charge in [-0.2, -0.15) is 0 Å². The zero-order chi connectivity index (χ0) is 15.8. The Labute approximate surface area is 123 Å². The summed E-state index contributed by atoms with van der Waals surface area (Å²) >= 11 is 0. The Balaban J connectivity index is 2.36. The van der Waals surface area contributed by atoms with Crippen LogP contribution in [0.1, 0.15) is 52.6 Å². The summed E-state index contributed by atoms with van der Waals surface area (Å²) in [4.78, 5) is 48.1. The van der Waals surface area contributed by atoms with Gasteiger partial charge in [-0.1, -0.05) is 0 Å². The molecule has 2 aliphatic heterocycles. The monoisotopic (exact) mass is 296 g/mol. The van der Waals surface area contributed by atoms with E-state index in [1.54, 1.807) is 13.8 Å². The SMILES string of the molecule is Cc1cc2c3c(c(C)cc4c3c1C(=O)OC4=O)C(=O)OC2=O. The van der Waals surface area contributed by atoms with E-state index >= 15 is 0 Å². The van der Waals surface area contributed by atoms with Gasteiger partial charge in [0.15, 0.2) is 0 Å². The molecule has 0 radical (unpaired) electrons. The van der Waals surface area contributed by atoms with Crippen LogP contribution in [0.5, 0.6) is 0 Å². The van der Waals surface area contributed by atoms with Gasteiger partial charge in [-0.25, -0.2) is 19.2 Å². The van der Waals surface area contributed by atoms with Crippen molar-refractivity contribution in [3.8, 4) is 0 Å². The second-order valence-corrected chi connectivity index (χ2v) is 5.34. The predicted octanol–water partition coefficient (Wildman–Crippen LogP) is 2.08. The van der Waals surface area contributed by atoms with Crippen molar-refractivity contribution < 1.29 is 28.7 Å². The summed E-state index contributed by atoms with van der Waals surface area (Å²) in [6.45, 7) is 3.27. The first-order valence-electron chi connectivity index (χ1n) is 6.54. The molecule has 6 heteroatoms. The van der Waals surface area contributed by atoms with Gasteiger partial charge in [0, 0.05) is 10.8 Å². The van der Waals surface area contributed by atoms with Crippen molar-refractivity contribution in [3.63, 3.8) is 0 Å². The highest BCUT2D eigenvalue weighted by atomic mass is 16.6. The van der Waals surface area contributed by atoms with Gasteiger partial charge in [0.2, 0.25) is 0 Å². The van der Waals surface area contributed by atoms with Crippen LogP contribution in [-0.2, 0) is 9.47 Å². The Morgan fingerprint density at radius 1 is 0.636 bits per heavy atom. The topological polar surface area (TPSA) is 86.7 Å². The lowest BCUT2D eigenvalue weighted by molar-refractivity contribution is 0.0364. The number of esters is 4. The zero-order valence-electron chi connectivity index (χ0n) is 11.6. The molecule has 6 nitrogen and oxygen atoms in total. The molecule has 22 heavy (non-hydrogen) atoms. The van der Waals surface area contributed by atoms with E-state index in [-0.39, 0.29) is 22.3 Å². The van der Waals surface area contributed by atoms with Gasteiger partial charge in [-0.15, -0.1) is 0 Å². The van der Waals surface area contributed by atoms with Crippen LogP contribution in [0.25, 0.3) is 10.8 Å². The van der Waals surface area contributed by atoms with Gasteiger partial charge in [0.05, 0.1) is 22.3 Å². The van der Waals surface area contributed by atoms with Crippen molar-refractivity contribution in [2.24, 2.45) is 0 Å². The molecule has 0 bridgehead atoms.